The van der Waals surface area contributed by atoms with E-state index in [0.717, 1.165) is 11.3 Å². The number of nitrogens with one attached hydrogen (secondary N) is 2. The summed E-state index contributed by atoms with van der Waals surface area (Å²) in [5.41, 5.74) is 9.54. The smallest absolute Gasteiger partial charge is 0.266 e. The van der Waals surface area contributed by atoms with Crippen LogP contribution in [-0.4, -0.2) is 40.1 Å². The number of anilines is 2. The molecule has 11 nitrogen and oxygen atoms in total. The summed E-state index contributed by atoms with van der Waals surface area (Å²) in [7, 11) is 0. The molecule has 5 rings (SSSR count). The van der Waals surface area contributed by atoms with Gasteiger partial charge in [-0.25, -0.2) is 15.1 Å². The summed E-state index contributed by atoms with van der Waals surface area (Å²) < 4.78 is 1.67. The summed E-state index contributed by atoms with van der Waals surface area (Å²) in [6.07, 6.45) is 4.16. The van der Waals surface area contributed by atoms with Gasteiger partial charge in [0.1, 0.15) is 11.6 Å². The van der Waals surface area contributed by atoms with Crippen molar-refractivity contribution in [2.75, 3.05) is 11.1 Å². The number of rotatable bonds is 7. The molecule has 11 heteroatoms. The zero-order valence-electron chi connectivity index (χ0n) is 20.7. The summed E-state index contributed by atoms with van der Waals surface area (Å²) in [5, 5.41) is 17.8. The number of nitrogen functional groups attached to an aromatic ring is 1. The molecule has 0 aliphatic heterocycles. The SMILES string of the molecule is CCC(Nc1nc(N)nc(C)c1C=Cc1nnn[nH]1)c1nc2cccc(C)c2c(=O)n1-c1ccccc1. The highest BCUT2D eigenvalue weighted by Crippen LogP contribution is 2.28. The first-order chi connectivity index (χ1) is 18.0. The number of aryl methyl sites for hydroxylation is 2. The fourth-order valence-corrected chi connectivity index (χ4v) is 4.30. The summed E-state index contributed by atoms with van der Waals surface area (Å²) in [6.45, 7) is 5.79. The van der Waals surface area contributed by atoms with Crippen molar-refractivity contribution in [3.63, 3.8) is 0 Å². The number of aromatic nitrogens is 8. The normalized spacial score (nSPS) is 12.3. The van der Waals surface area contributed by atoms with Crippen LogP contribution >= 0.6 is 0 Å². The van der Waals surface area contributed by atoms with Crippen molar-refractivity contribution in [1.29, 1.82) is 0 Å². The molecule has 1 unspecified atom stereocenters. The van der Waals surface area contributed by atoms with E-state index in [9.17, 15) is 4.79 Å². The topological polar surface area (TPSA) is 153 Å². The third-order valence-electron chi connectivity index (χ3n) is 6.10. The lowest BCUT2D eigenvalue weighted by molar-refractivity contribution is 0.658. The van der Waals surface area contributed by atoms with Crippen LogP contribution in [0.1, 0.15) is 47.9 Å². The largest absolute Gasteiger partial charge is 0.368 e. The minimum Gasteiger partial charge on any atom is -0.368 e. The molecule has 2 aromatic carbocycles. The van der Waals surface area contributed by atoms with Gasteiger partial charge < -0.3 is 11.1 Å². The number of nitrogens with two attached hydrogens (primary N) is 1. The fraction of sp³-hybridized carbons (Fsp3) is 0.192. The van der Waals surface area contributed by atoms with Crippen LogP contribution < -0.4 is 16.6 Å². The predicted octanol–water partition coefficient (Wildman–Crippen LogP) is 3.62. The van der Waals surface area contributed by atoms with Gasteiger partial charge in [0.2, 0.25) is 5.95 Å². The van der Waals surface area contributed by atoms with Crippen molar-refractivity contribution in [2.45, 2.75) is 33.2 Å². The average Bonchev–Trinajstić information content (AvgIpc) is 3.40. The lowest BCUT2D eigenvalue weighted by Crippen LogP contribution is -2.29. The first kappa shape index (κ1) is 23.8. The first-order valence-corrected chi connectivity index (χ1v) is 11.9. The lowest BCUT2D eigenvalue weighted by Gasteiger charge is -2.23. The lowest BCUT2D eigenvalue weighted by atomic mass is 10.1. The van der Waals surface area contributed by atoms with Gasteiger partial charge in [0.25, 0.3) is 5.56 Å². The molecule has 0 bridgehead atoms. The highest BCUT2D eigenvalue weighted by atomic mass is 16.1. The van der Waals surface area contributed by atoms with E-state index in [0.29, 0.717) is 46.0 Å². The van der Waals surface area contributed by atoms with Crippen molar-refractivity contribution >= 4 is 34.8 Å². The van der Waals surface area contributed by atoms with Crippen molar-refractivity contribution in [3.05, 3.63) is 87.4 Å². The highest BCUT2D eigenvalue weighted by Gasteiger charge is 2.22. The molecule has 0 amide bonds. The summed E-state index contributed by atoms with van der Waals surface area (Å²) in [4.78, 5) is 27.6. The van der Waals surface area contributed by atoms with Gasteiger partial charge in [0.15, 0.2) is 5.82 Å². The molecule has 0 spiro atoms. The van der Waals surface area contributed by atoms with E-state index in [4.69, 9.17) is 10.7 Å². The van der Waals surface area contributed by atoms with Crippen LogP contribution in [0, 0.1) is 13.8 Å². The average molecular weight is 495 g/mol. The Balaban J connectivity index is 1.67. The second-order valence-corrected chi connectivity index (χ2v) is 8.57. The molecule has 0 saturated carbocycles. The van der Waals surface area contributed by atoms with E-state index >= 15 is 0 Å². The Kier molecular flexibility index (Phi) is 6.42. The Bertz CT molecular complexity index is 1640. The number of benzene rings is 2. The summed E-state index contributed by atoms with van der Waals surface area (Å²) in [5.74, 6) is 1.70. The van der Waals surface area contributed by atoms with Gasteiger partial charge in [-0.15, -0.1) is 5.10 Å². The minimum atomic E-state index is -0.370. The van der Waals surface area contributed by atoms with Crippen molar-refractivity contribution in [1.82, 2.24) is 40.1 Å². The summed E-state index contributed by atoms with van der Waals surface area (Å²) >= 11 is 0. The first-order valence-electron chi connectivity index (χ1n) is 11.9. The van der Waals surface area contributed by atoms with Crippen LogP contribution in [0.5, 0.6) is 0 Å². The van der Waals surface area contributed by atoms with Gasteiger partial charge in [-0.1, -0.05) is 37.3 Å². The maximum atomic E-state index is 13.9. The van der Waals surface area contributed by atoms with Crippen LogP contribution in [0.25, 0.3) is 28.7 Å². The van der Waals surface area contributed by atoms with Gasteiger partial charge in [-0.05, 0) is 66.6 Å². The molecule has 0 saturated heterocycles. The van der Waals surface area contributed by atoms with Crippen LogP contribution in [-0.2, 0) is 0 Å². The Morgan fingerprint density at radius 1 is 1.05 bits per heavy atom. The maximum Gasteiger partial charge on any atom is 0.266 e. The van der Waals surface area contributed by atoms with Gasteiger partial charge >= 0.3 is 0 Å². The molecule has 1 atom stereocenters. The second-order valence-electron chi connectivity index (χ2n) is 8.57. The number of hydrogen-bond acceptors (Lipinski definition) is 9. The number of aromatic amines is 1. The third-order valence-corrected chi connectivity index (χ3v) is 6.10. The van der Waals surface area contributed by atoms with E-state index in [1.54, 1.807) is 10.6 Å². The van der Waals surface area contributed by atoms with Crippen molar-refractivity contribution < 1.29 is 0 Å². The molecule has 37 heavy (non-hydrogen) atoms. The van der Waals surface area contributed by atoms with Crippen molar-refractivity contribution in [2.24, 2.45) is 0 Å². The summed E-state index contributed by atoms with van der Waals surface area (Å²) in [6, 6.07) is 14.8. The van der Waals surface area contributed by atoms with Crippen LogP contribution in [0.15, 0.2) is 53.3 Å². The molecule has 0 aliphatic carbocycles. The molecule has 3 aromatic heterocycles. The third kappa shape index (κ3) is 4.66. The monoisotopic (exact) mass is 494 g/mol. The number of nitrogens with zero attached hydrogens (tertiary/aromatic N) is 7. The molecule has 0 radical (unpaired) electrons. The van der Waals surface area contributed by atoms with E-state index < -0.39 is 0 Å². The zero-order chi connectivity index (χ0) is 25.9. The van der Waals surface area contributed by atoms with E-state index in [1.807, 2.05) is 75.4 Å². The van der Waals surface area contributed by atoms with E-state index in [-0.39, 0.29) is 17.5 Å². The van der Waals surface area contributed by atoms with Crippen molar-refractivity contribution in [3.8, 4) is 5.69 Å². The molecule has 4 N–H and O–H groups in total. The minimum absolute atomic E-state index is 0.124. The molecular weight excluding hydrogens is 468 g/mol. The van der Waals surface area contributed by atoms with Crippen LogP contribution in [0.4, 0.5) is 11.8 Å². The number of para-hydroxylation sites is 1. The Hall–Kier alpha value is -4.93. The van der Waals surface area contributed by atoms with E-state index in [2.05, 4.69) is 35.9 Å². The Labute approximate surface area is 212 Å². The predicted molar refractivity (Wildman–Crippen MR) is 143 cm³/mol. The van der Waals surface area contributed by atoms with Gasteiger partial charge in [0.05, 0.1) is 28.3 Å². The Morgan fingerprint density at radius 2 is 1.86 bits per heavy atom. The number of tetrazole rings is 1. The number of hydrogen-bond donors (Lipinski definition) is 3. The van der Waals surface area contributed by atoms with Crippen LogP contribution in [0.2, 0.25) is 0 Å². The molecule has 186 valence electrons. The molecule has 3 heterocycles. The zero-order valence-corrected chi connectivity index (χ0v) is 20.7. The maximum absolute atomic E-state index is 13.9. The fourth-order valence-electron chi connectivity index (χ4n) is 4.30. The molecule has 0 fully saturated rings. The molecular formula is C26H26N10O. The molecule has 5 aromatic rings. The Morgan fingerprint density at radius 3 is 2.59 bits per heavy atom. The second kappa shape index (κ2) is 9.97. The van der Waals surface area contributed by atoms with Crippen LogP contribution in [0.3, 0.4) is 0 Å². The number of H-pyrrole nitrogens is 1. The van der Waals surface area contributed by atoms with Gasteiger partial charge in [-0.2, -0.15) is 4.98 Å². The molecule has 0 aliphatic rings. The standard InChI is InChI=1S/C26H26N10O/c1-4-19(29-23-18(16(3)28-26(27)31-23)13-14-21-32-34-35-33-21)24-30-20-12-8-9-15(2)22(20)25(37)36(24)17-10-6-5-7-11-17/h5-14,19H,4H2,1-3H3,(H3,27,28,29,31)(H,32,33,34,35). The quantitative estimate of drug-likeness (QED) is 0.308. The van der Waals surface area contributed by atoms with Gasteiger partial charge in [0, 0.05) is 5.56 Å². The highest BCUT2D eigenvalue weighted by molar-refractivity contribution is 5.81. The number of fused-ring (bicyclic) bond motifs is 1. The van der Waals surface area contributed by atoms with Gasteiger partial charge in [-0.3, -0.25) is 9.36 Å². The van der Waals surface area contributed by atoms with E-state index in [1.165, 1.54) is 0 Å².